The van der Waals surface area contributed by atoms with Gasteiger partial charge in [0, 0.05) is 30.2 Å². The summed E-state index contributed by atoms with van der Waals surface area (Å²) in [6.45, 7) is 5.14. The molecule has 0 radical (unpaired) electrons. The van der Waals surface area contributed by atoms with Crippen LogP contribution in [-0.4, -0.2) is 44.0 Å². The van der Waals surface area contributed by atoms with Crippen molar-refractivity contribution in [2.24, 2.45) is 0 Å². The summed E-state index contributed by atoms with van der Waals surface area (Å²) in [7, 11) is 0. The van der Waals surface area contributed by atoms with E-state index in [9.17, 15) is 9.59 Å². The van der Waals surface area contributed by atoms with Gasteiger partial charge in [0.15, 0.2) is 11.0 Å². The van der Waals surface area contributed by atoms with Crippen LogP contribution in [0.2, 0.25) is 0 Å². The van der Waals surface area contributed by atoms with E-state index in [1.165, 1.54) is 11.8 Å². The number of hydrogen-bond donors (Lipinski definition) is 1. The van der Waals surface area contributed by atoms with Gasteiger partial charge >= 0.3 is 5.97 Å². The third kappa shape index (κ3) is 6.14. The maximum absolute atomic E-state index is 12.4. The van der Waals surface area contributed by atoms with Gasteiger partial charge in [-0.2, -0.15) is 0 Å². The molecule has 3 aromatic rings. The molecular formula is C22H25N5O3S. The molecule has 1 N–H and O–H groups in total. The SMILES string of the molecule is CCCCOC(=O)c1ccc(NC(=O)CSc2nnc(-c3ccncc3)n2CC)cc1. The van der Waals surface area contributed by atoms with E-state index in [1.54, 1.807) is 36.7 Å². The van der Waals surface area contributed by atoms with E-state index in [4.69, 9.17) is 4.74 Å². The van der Waals surface area contributed by atoms with Crippen LogP contribution in [0.1, 0.15) is 37.0 Å². The molecule has 0 aliphatic heterocycles. The van der Waals surface area contributed by atoms with E-state index in [0.717, 1.165) is 24.2 Å². The number of pyridine rings is 1. The molecule has 31 heavy (non-hydrogen) atoms. The van der Waals surface area contributed by atoms with Gasteiger partial charge in [0.25, 0.3) is 0 Å². The van der Waals surface area contributed by atoms with Gasteiger partial charge < -0.3 is 14.6 Å². The van der Waals surface area contributed by atoms with E-state index >= 15 is 0 Å². The van der Waals surface area contributed by atoms with E-state index in [-0.39, 0.29) is 17.6 Å². The lowest BCUT2D eigenvalue weighted by molar-refractivity contribution is -0.113. The lowest BCUT2D eigenvalue weighted by Gasteiger charge is -2.08. The zero-order valence-corrected chi connectivity index (χ0v) is 18.4. The molecule has 0 fully saturated rings. The summed E-state index contributed by atoms with van der Waals surface area (Å²) in [5.74, 6) is 0.411. The average Bonchev–Trinajstić information content (AvgIpc) is 3.22. The Morgan fingerprint density at radius 1 is 1.06 bits per heavy atom. The number of amides is 1. The maximum atomic E-state index is 12.4. The van der Waals surface area contributed by atoms with Crippen LogP contribution in [0.15, 0.2) is 53.9 Å². The second kappa shape index (κ2) is 11.3. The summed E-state index contributed by atoms with van der Waals surface area (Å²) >= 11 is 1.32. The molecular weight excluding hydrogens is 414 g/mol. The minimum atomic E-state index is -0.356. The number of carbonyl (C=O) groups is 2. The van der Waals surface area contributed by atoms with Crippen LogP contribution < -0.4 is 5.32 Å². The number of nitrogens with one attached hydrogen (secondary N) is 1. The molecule has 2 aromatic heterocycles. The number of esters is 1. The van der Waals surface area contributed by atoms with Crippen molar-refractivity contribution in [2.45, 2.75) is 38.4 Å². The monoisotopic (exact) mass is 439 g/mol. The third-order valence-electron chi connectivity index (χ3n) is 4.44. The van der Waals surface area contributed by atoms with Crippen LogP contribution in [0.25, 0.3) is 11.4 Å². The molecule has 162 valence electrons. The van der Waals surface area contributed by atoms with Crippen LogP contribution in [0.3, 0.4) is 0 Å². The van der Waals surface area contributed by atoms with Crippen molar-refractivity contribution in [1.82, 2.24) is 19.7 Å². The number of nitrogens with zero attached hydrogens (tertiary/aromatic N) is 4. The smallest absolute Gasteiger partial charge is 0.338 e. The molecule has 0 atom stereocenters. The highest BCUT2D eigenvalue weighted by molar-refractivity contribution is 7.99. The normalized spacial score (nSPS) is 10.6. The minimum Gasteiger partial charge on any atom is -0.462 e. The van der Waals surface area contributed by atoms with Crippen molar-refractivity contribution in [1.29, 1.82) is 0 Å². The lowest BCUT2D eigenvalue weighted by atomic mass is 10.2. The molecule has 3 rings (SSSR count). The number of unbranched alkanes of at least 4 members (excludes halogenated alkanes) is 1. The van der Waals surface area contributed by atoms with Gasteiger partial charge in [-0.05, 0) is 49.7 Å². The summed E-state index contributed by atoms with van der Waals surface area (Å²) in [6.07, 6.45) is 5.23. The minimum absolute atomic E-state index is 0.167. The number of carbonyl (C=O) groups excluding carboxylic acids is 2. The van der Waals surface area contributed by atoms with E-state index in [1.807, 2.05) is 30.5 Å². The fraction of sp³-hybridized carbons (Fsp3) is 0.318. The molecule has 0 unspecified atom stereocenters. The van der Waals surface area contributed by atoms with Crippen LogP contribution in [0, 0.1) is 0 Å². The number of ether oxygens (including phenoxy) is 1. The van der Waals surface area contributed by atoms with Gasteiger partial charge in [0.1, 0.15) is 0 Å². The molecule has 0 bridgehead atoms. The highest BCUT2D eigenvalue weighted by atomic mass is 32.2. The number of hydrogen-bond acceptors (Lipinski definition) is 7. The molecule has 0 aliphatic rings. The number of anilines is 1. The Morgan fingerprint density at radius 3 is 2.48 bits per heavy atom. The lowest BCUT2D eigenvalue weighted by Crippen LogP contribution is -2.15. The first-order chi connectivity index (χ1) is 15.1. The van der Waals surface area contributed by atoms with Gasteiger partial charge in [-0.25, -0.2) is 4.79 Å². The topological polar surface area (TPSA) is 99.0 Å². The highest BCUT2D eigenvalue weighted by Crippen LogP contribution is 2.23. The fourth-order valence-electron chi connectivity index (χ4n) is 2.80. The van der Waals surface area contributed by atoms with Crippen molar-refractivity contribution >= 4 is 29.3 Å². The second-order valence-corrected chi connectivity index (χ2v) is 7.63. The molecule has 1 aromatic carbocycles. The number of aromatic nitrogens is 4. The highest BCUT2D eigenvalue weighted by Gasteiger charge is 2.15. The van der Waals surface area contributed by atoms with Gasteiger partial charge in [0.05, 0.1) is 17.9 Å². The molecule has 0 saturated heterocycles. The van der Waals surface area contributed by atoms with Crippen molar-refractivity contribution in [3.05, 3.63) is 54.4 Å². The fourth-order valence-corrected chi connectivity index (χ4v) is 3.61. The van der Waals surface area contributed by atoms with Crippen LogP contribution in [-0.2, 0) is 16.1 Å². The molecule has 0 aliphatic carbocycles. The maximum Gasteiger partial charge on any atom is 0.338 e. The zero-order valence-electron chi connectivity index (χ0n) is 17.6. The summed E-state index contributed by atoms with van der Waals surface area (Å²) in [5, 5.41) is 12.0. The van der Waals surface area contributed by atoms with Crippen LogP contribution >= 0.6 is 11.8 Å². The molecule has 8 nitrogen and oxygen atoms in total. The Bertz CT molecular complexity index is 1010. The molecule has 9 heteroatoms. The Balaban J connectivity index is 1.55. The first kappa shape index (κ1) is 22.5. The van der Waals surface area contributed by atoms with Crippen molar-refractivity contribution in [3.63, 3.8) is 0 Å². The summed E-state index contributed by atoms with van der Waals surface area (Å²) in [6, 6.07) is 10.4. The first-order valence-electron chi connectivity index (χ1n) is 10.2. The predicted molar refractivity (Wildman–Crippen MR) is 120 cm³/mol. The van der Waals surface area contributed by atoms with Crippen molar-refractivity contribution in [3.8, 4) is 11.4 Å². The van der Waals surface area contributed by atoms with Crippen molar-refractivity contribution < 1.29 is 14.3 Å². The van der Waals surface area contributed by atoms with Gasteiger partial charge in [-0.1, -0.05) is 25.1 Å². The quantitative estimate of drug-likeness (QED) is 0.289. The van der Waals surface area contributed by atoms with Crippen molar-refractivity contribution in [2.75, 3.05) is 17.7 Å². The molecule has 0 spiro atoms. The van der Waals surface area contributed by atoms with E-state index in [0.29, 0.717) is 29.6 Å². The van der Waals surface area contributed by atoms with E-state index in [2.05, 4.69) is 20.5 Å². The number of rotatable bonds is 10. The molecule has 1 amide bonds. The largest absolute Gasteiger partial charge is 0.462 e. The Kier molecular flexibility index (Phi) is 8.17. The van der Waals surface area contributed by atoms with Gasteiger partial charge in [-0.15, -0.1) is 10.2 Å². The average molecular weight is 440 g/mol. The summed E-state index contributed by atoms with van der Waals surface area (Å²) in [5.41, 5.74) is 2.00. The zero-order chi connectivity index (χ0) is 22.1. The predicted octanol–water partition coefficient (Wildman–Crippen LogP) is 4.05. The Labute approximate surface area is 185 Å². The van der Waals surface area contributed by atoms with Gasteiger partial charge in [-0.3, -0.25) is 9.78 Å². The number of thioether (sulfide) groups is 1. The summed E-state index contributed by atoms with van der Waals surface area (Å²) in [4.78, 5) is 28.3. The van der Waals surface area contributed by atoms with Crippen LogP contribution in [0.4, 0.5) is 5.69 Å². The second-order valence-electron chi connectivity index (χ2n) is 6.69. The first-order valence-corrected chi connectivity index (χ1v) is 11.1. The number of benzene rings is 1. The van der Waals surface area contributed by atoms with Crippen LogP contribution in [0.5, 0.6) is 0 Å². The third-order valence-corrected chi connectivity index (χ3v) is 5.41. The molecule has 0 saturated carbocycles. The standard InChI is InChI=1S/C22H25N5O3S/c1-3-5-14-30-21(29)17-6-8-18(9-7-17)24-19(28)15-31-22-26-25-20(27(22)4-2)16-10-12-23-13-11-16/h6-13H,3-5,14-15H2,1-2H3,(H,24,28). The Morgan fingerprint density at radius 2 is 1.81 bits per heavy atom. The van der Waals surface area contributed by atoms with Gasteiger partial charge in [0.2, 0.25) is 5.91 Å². The Hall–Kier alpha value is -3.20. The summed E-state index contributed by atoms with van der Waals surface area (Å²) < 4.78 is 7.15. The molecule has 2 heterocycles. The van der Waals surface area contributed by atoms with E-state index < -0.39 is 0 Å².